The molecular formula is C18H21N5O4. The number of hydrogen-bond acceptors (Lipinski definition) is 5. The van der Waals surface area contributed by atoms with Crippen molar-refractivity contribution in [3.05, 3.63) is 51.8 Å². The first-order valence-electron chi connectivity index (χ1n) is 8.72. The Hall–Kier alpha value is -3.23. The summed E-state index contributed by atoms with van der Waals surface area (Å²) in [6.07, 6.45) is 1.32. The molecule has 1 N–H and O–H groups in total. The van der Waals surface area contributed by atoms with E-state index in [0.717, 1.165) is 6.42 Å². The lowest BCUT2D eigenvalue weighted by molar-refractivity contribution is -0.386. The minimum atomic E-state index is -0.551. The van der Waals surface area contributed by atoms with Crippen molar-refractivity contribution in [2.75, 3.05) is 11.9 Å². The van der Waals surface area contributed by atoms with Crippen molar-refractivity contribution >= 4 is 23.2 Å². The molecule has 1 aromatic carbocycles. The highest BCUT2D eigenvalue weighted by Gasteiger charge is 2.35. The second-order valence-electron chi connectivity index (χ2n) is 6.53. The molecule has 27 heavy (non-hydrogen) atoms. The molecule has 3 rings (SSSR count). The lowest BCUT2D eigenvalue weighted by Crippen LogP contribution is -2.44. The molecule has 1 atom stereocenters. The number of benzene rings is 1. The van der Waals surface area contributed by atoms with E-state index in [9.17, 15) is 19.7 Å². The Labute approximate surface area is 156 Å². The monoisotopic (exact) mass is 371 g/mol. The first kappa shape index (κ1) is 18.6. The molecule has 1 aromatic heterocycles. The van der Waals surface area contributed by atoms with Gasteiger partial charge in [0.2, 0.25) is 11.8 Å². The van der Waals surface area contributed by atoms with Gasteiger partial charge in [0.15, 0.2) is 0 Å². The Kier molecular flexibility index (Phi) is 5.20. The van der Waals surface area contributed by atoms with Gasteiger partial charge in [0, 0.05) is 12.2 Å². The van der Waals surface area contributed by atoms with Crippen molar-refractivity contribution in [2.24, 2.45) is 0 Å². The summed E-state index contributed by atoms with van der Waals surface area (Å²) in [4.78, 5) is 37.5. The SMILES string of the molecule is Cc1nn(CC(=O)N2CCC[C@H]2C(=O)Nc2ccccc2)c(C)c1[N+](=O)[O-]. The van der Waals surface area contributed by atoms with Gasteiger partial charge in [-0.2, -0.15) is 5.10 Å². The summed E-state index contributed by atoms with van der Waals surface area (Å²) in [6, 6.07) is 8.52. The highest BCUT2D eigenvalue weighted by molar-refractivity contribution is 5.97. The maximum atomic E-state index is 12.7. The minimum absolute atomic E-state index is 0.0809. The first-order valence-corrected chi connectivity index (χ1v) is 8.72. The van der Waals surface area contributed by atoms with E-state index in [0.29, 0.717) is 24.3 Å². The van der Waals surface area contributed by atoms with Crippen LogP contribution in [0.2, 0.25) is 0 Å². The summed E-state index contributed by atoms with van der Waals surface area (Å²) >= 11 is 0. The summed E-state index contributed by atoms with van der Waals surface area (Å²) in [5.74, 6) is -0.507. The number of hydrogen-bond donors (Lipinski definition) is 1. The molecule has 1 saturated heterocycles. The molecule has 0 bridgehead atoms. The molecule has 2 heterocycles. The average molecular weight is 371 g/mol. The quantitative estimate of drug-likeness (QED) is 0.639. The van der Waals surface area contributed by atoms with Gasteiger partial charge in [-0.05, 0) is 38.8 Å². The van der Waals surface area contributed by atoms with E-state index in [1.807, 2.05) is 18.2 Å². The third-order valence-electron chi connectivity index (χ3n) is 4.73. The van der Waals surface area contributed by atoms with Crippen LogP contribution in [0.1, 0.15) is 24.2 Å². The normalized spacial score (nSPS) is 16.4. The van der Waals surface area contributed by atoms with Crippen molar-refractivity contribution in [2.45, 2.75) is 39.3 Å². The summed E-state index contributed by atoms with van der Waals surface area (Å²) in [5.41, 5.74) is 1.19. The molecule has 1 aliphatic heterocycles. The van der Waals surface area contributed by atoms with E-state index in [1.165, 1.54) is 16.5 Å². The molecule has 0 saturated carbocycles. The smallest absolute Gasteiger partial charge is 0.312 e. The molecule has 9 heteroatoms. The molecule has 0 unspecified atom stereocenters. The van der Waals surface area contributed by atoms with E-state index in [1.54, 1.807) is 19.1 Å². The Morgan fingerprint density at radius 2 is 2.00 bits per heavy atom. The number of carbonyl (C=O) groups is 2. The Bertz CT molecular complexity index is 877. The van der Waals surface area contributed by atoms with Gasteiger partial charge in [-0.1, -0.05) is 18.2 Å². The van der Waals surface area contributed by atoms with Crippen LogP contribution >= 0.6 is 0 Å². The van der Waals surface area contributed by atoms with Crippen molar-refractivity contribution in [1.29, 1.82) is 0 Å². The number of amides is 2. The van der Waals surface area contributed by atoms with E-state index in [4.69, 9.17) is 0 Å². The van der Waals surface area contributed by atoms with Gasteiger partial charge in [0.1, 0.15) is 24.0 Å². The zero-order valence-electron chi connectivity index (χ0n) is 15.2. The number of likely N-dealkylation sites (tertiary alicyclic amines) is 1. The van der Waals surface area contributed by atoms with Crippen LogP contribution in [0.5, 0.6) is 0 Å². The number of para-hydroxylation sites is 1. The van der Waals surface area contributed by atoms with Gasteiger partial charge in [-0.25, -0.2) is 0 Å². The van der Waals surface area contributed by atoms with Crippen LogP contribution in [0.25, 0.3) is 0 Å². The van der Waals surface area contributed by atoms with E-state index in [2.05, 4.69) is 10.4 Å². The summed E-state index contributed by atoms with van der Waals surface area (Å²) in [7, 11) is 0. The highest BCUT2D eigenvalue weighted by atomic mass is 16.6. The summed E-state index contributed by atoms with van der Waals surface area (Å²) < 4.78 is 1.33. The van der Waals surface area contributed by atoms with Crippen LogP contribution in [0, 0.1) is 24.0 Å². The van der Waals surface area contributed by atoms with Crippen molar-refractivity contribution in [1.82, 2.24) is 14.7 Å². The van der Waals surface area contributed by atoms with Gasteiger partial charge < -0.3 is 10.2 Å². The topological polar surface area (TPSA) is 110 Å². The lowest BCUT2D eigenvalue weighted by atomic mass is 10.2. The third kappa shape index (κ3) is 3.81. The Morgan fingerprint density at radius 3 is 2.63 bits per heavy atom. The fraction of sp³-hybridized carbons (Fsp3) is 0.389. The van der Waals surface area contributed by atoms with Crippen molar-refractivity contribution < 1.29 is 14.5 Å². The number of nitrogens with one attached hydrogen (secondary N) is 1. The zero-order valence-corrected chi connectivity index (χ0v) is 15.2. The second kappa shape index (κ2) is 7.56. The predicted octanol–water partition coefficient (Wildman–Crippen LogP) is 2.04. The van der Waals surface area contributed by atoms with E-state index in [-0.39, 0.29) is 29.7 Å². The van der Waals surface area contributed by atoms with Crippen LogP contribution < -0.4 is 5.32 Å². The number of nitrogens with zero attached hydrogens (tertiary/aromatic N) is 4. The highest BCUT2D eigenvalue weighted by Crippen LogP contribution is 2.23. The molecule has 0 aliphatic carbocycles. The molecule has 0 spiro atoms. The first-order chi connectivity index (χ1) is 12.9. The molecule has 9 nitrogen and oxygen atoms in total. The van der Waals surface area contributed by atoms with Crippen molar-refractivity contribution in [3.8, 4) is 0 Å². The minimum Gasteiger partial charge on any atom is -0.329 e. The third-order valence-corrected chi connectivity index (χ3v) is 4.73. The Morgan fingerprint density at radius 1 is 1.30 bits per heavy atom. The van der Waals surface area contributed by atoms with Crippen LogP contribution in [-0.2, 0) is 16.1 Å². The number of nitro groups is 1. The van der Waals surface area contributed by atoms with Crippen LogP contribution in [0.3, 0.4) is 0 Å². The van der Waals surface area contributed by atoms with Gasteiger partial charge in [0.25, 0.3) is 0 Å². The summed E-state index contributed by atoms with van der Waals surface area (Å²) in [5, 5.41) is 18.1. The Balaban J connectivity index is 1.71. The van der Waals surface area contributed by atoms with E-state index >= 15 is 0 Å². The number of aryl methyl sites for hydroxylation is 1. The van der Waals surface area contributed by atoms with Crippen LogP contribution in [-0.4, -0.2) is 44.0 Å². The largest absolute Gasteiger partial charge is 0.329 e. The molecular weight excluding hydrogens is 350 g/mol. The fourth-order valence-electron chi connectivity index (χ4n) is 3.41. The van der Waals surface area contributed by atoms with Crippen LogP contribution in [0.4, 0.5) is 11.4 Å². The number of carbonyl (C=O) groups excluding carboxylic acids is 2. The fourth-order valence-corrected chi connectivity index (χ4v) is 3.41. The maximum absolute atomic E-state index is 12.7. The molecule has 1 aliphatic rings. The standard InChI is InChI=1S/C18H21N5O4/c1-12-17(23(26)27)13(2)22(20-12)11-16(24)21-10-6-9-15(21)18(25)19-14-7-4-3-5-8-14/h3-5,7-8,15H,6,9-11H2,1-2H3,(H,19,25)/t15-/m0/s1. The van der Waals surface area contributed by atoms with Gasteiger partial charge in [-0.15, -0.1) is 0 Å². The zero-order chi connectivity index (χ0) is 19.6. The number of rotatable bonds is 5. The lowest BCUT2D eigenvalue weighted by Gasteiger charge is -2.24. The molecule has 0 radical (unpaired) electrons. The average Bonchev–Trinajstić information content (AvgIpc) is 3.21. The van der Waals surface area contributed by atoms with Gasteiger partial charge in [-0.3, -0.25) is 24.4 Å². The molecule has 2 aromatic rings. The second-order valence-corrected chi connectivity index (χ2v) is 6.53. The van der Waals surface area contributed by atoms with Gasteiger partial charge in [0.05, 0.1) is 4.92 Å². The van der Waals surface area contributed by atoms with Gasteiger partial charge >= 0.3 is 5.69 Å². The van der Waals surface area contributed by atoms with Crippen molar-refractivity contribution in [3.63, 3.8) is 0 Å². The molecule has 1 fully saturated rings. The summed E-state index contributed by atoms with van der Waals surface area (Å²) in [6.45, 7) is 3.45. The number of aromatic nitrogens is 2. The van der Waals surface area contributed by atoms with E-state index < -0.39 is 11.0 Å². The molecule has 142 valence electrons. The molecule has 2 amide bonds. The predicted molar refractivity (Wildman–Crippen MR) is 98.2 cm³/mol. The maximum Gasteiger partial charge on any atom is 0.312 e. The van der Waals surface area contributed by atoms with Crippen LogP contribution in [0.15, 0.2) is 30.3 Å². The number of anilines is 1.